The Kier molecular flexibility index (Phi) is 6.09. The second-order valence-electron chi connectivity index (χ2n) is 8.06. The van der Waals surface area contributed by atoms with Crippen molar-refractivity contribution in [1.29, 1.82) is 0 Å². The molecule has 1 aliphatic carbocycles. The van der Waals surface area contributed by atoms with Crippen LogP contribution < -0.4 is 4.74 Å². The Balaban J connectivity index is 1.53. The van der Waals surface area contributed by atoms with Crippen LogP contribution in [0.5, 0.6) is 5.75 Å². The van der Waals surface area contributed by atoms with Crippen LogP contribution in [0.3, 0.4) is 0 Å². The van der Waals surface area contributed by atoms with Gasteiger partial charge in [-0.15, -0.1) is 0 Å². The summed E-state index contributed by atoms with van der Waals surface area (Å²) >= 11 is 0. The maximum Gasteiger partial charge on any atom is 0.119 e. The van der Waals surface area contributed by atoms with Gasteiger partial charge in [0.05, 0.1) is 5.70 Å². The van der Waals surface area contributed by atoms with Gasteiger partial charge < -0.3 is 4.74 Å². The summed E-state index contributed by atoms with van der Waals surface area (Å²) in [4.78, 5) is 5.17. The summed E-state index contributed by atoms with van der Waals surface area (Å²) in [5.41, 5.74) is 6.00. The van der Waals surface area contributed by atoms with Gasteiger partial charge in [0.1, 0.15) is 12.4 Å². The predicted octanol–water partition coefficient (Wildman–Crippen LogP) is 7.00. The number of rotatable bonds is 4. The Morgan fingerprint density at radius 3 is 2.62 bits per heavy atom. The van der Waals surface area contributed by atoms with Gasteiger partial charge in [-0.05, 0) is 60.9 Å². The number of ether oxygens (including phenoxy) is 1. The van der Waals surface area contributed by atoms with Crippen molar-refractivity contribution in [1.82, 2.24) is 0 Å². The molecule has 1 aliphatic heterocycles. The molecule has 0 fully saturated rings. The third kappa shape index (κ3) is 4.76. The highest BCUT2D eigenvalue weighted by Gasteiger charge is 2.25. The van der Waals surface area contributed by atoms with E-state index in [1.54, 1.807) is 0 Å². The fourth-order valence-corrected chi connectivity index (χ4v) is 4.12. The number of nitrogens with zero attached hydrogens (tertiary/aromatic N) is 1. The lowest BCUT2D eigenvalue weighted by Crippen LogP contribution is -2.23. The molecule has 1 heterocycles. The first-order valence-corrected chi connectivity index (χ1v) is 10.6. The van der Waals surface area contributed by atoms with Crippen molar-refractivity contribution in [2.24, 2.45) is 16.8 Å². The maximum atomic E-state index is 5.86. The Labute approximate surface area is 174 Å². The number of aliphatic imine (C=N–C) groups is 1. The molecule has 29 heavy (non-hydrogen) atoms. The Morgan fingerprint density at radius 1 is 1.03 bits per heavy atom. The van der Waals surface area contributed by atoms with E-state index < -0.39 is 0 Å². The molecule has 0 radical (unpaired) electrons. The zero-order valence-corrected chi connectivity index (χ0v) is 17.3. The number of allylic oxidation sites excluding steroid dienone is 5. The Bertz CT molecular complexity index is 948. The fourth-order valence-electron chi connectivity index (χ4n) is 4.12. The van der Waals surface area contributed by atoms with Gasteiger partial charge in [0.2, 0.25) is 0 Å². The highest BCUT2D eigenvalue weighted by atomic mass is 16.5. The first-order chi connectivity index (χ1) is 14.2. The normalized spacial score (nSPS) is 23.4. The number of fused-ring (bicyclic) bond motifs is 1. The molecule has 0 spiro atoms. The van der Waals surface area contributed by atoms with Crippen LogP contribution in [-0.2, 0) is 6.61 Å². The maximum absolute atomic E-state index is 5.86. The van der Waals surface area contributed by atoms with E-state index in [1.165, 1.54) is 23.3 Å². The van der Waals surface area contributed by atoms with E-state index >= 15 is 0 Å². The van der Waals surface area contributed by atoms with E-state index in [0.29, 0.717) is 18.4 Å². The van der Waals surface area contributed by atoms with Crippen molar-refractivity contribution in [3.63, 3.8) is 0 Å². The first-order valence-electron chi connectivity index (χ1n) is 10.6. The Hall–Kier alpha value is -2.87. The van der Waals surface area contributed by atoms with Gasteiger partial charge in [0, 0.05) is 11.6 Å². The largest absolute Gasteiger partial charge is 0.489 e. The number of hydrogen-bond donors (Lipinski definition) is 0. The van der Waals surface area contributed by atoms with E-state index in [2.05, 4.69) is 62.4 Å². The van der Waals surface area contributed by atoms with Crippen LogP contribution in [0.2, 0.25) is 0 Å². The highest BCUT2D eigenvalue weighted by Crippen LogP contribution is 2.33. The zero-order valence-electron chi connectivity index (χ0n) is 17.3. The van der Waals surface area contributed by atoms with Gasteiger partial charge in [-0.2, -0.15) is 0 Å². The molecule has 0 amide bonds. The molecule has 4 rings (SSSR count). The van der Waals surface area contributed by atoms with Gasteiger partial charge in [-0.25, -0.2) is 0 Å². The number of hydrogen-bond acceptors (Lipinski definition) is 2. The van der Waals surface area contributed by atoms with Gasteiger partial charge >= 0.3 is 0 Å². The van der Waals surface area contributed by atoms with E-state index in [0.717, 1.165) is 29.9 Å². The summed E-state index contributed by atoms with van der Waals surface area (Å²) < 4.78 is 5.86. The Morgan fingerprint density at radius 2 is 1.83 bits per heavy atom. The molecule has 0 saturated heterocycles. The molecule has 0 saturated carbocycles. The van der Waals surface area contributed by atoms with Gasteiger partial charge in [-0.3, -0.25) is 4.99 Å². The van der Waals surface area contributed by atoms with E-state index in [9.17, 15) is 0 Å². The molecule has 148 valence electrons. The van der Waals surface area contributed by atoms with Crippen LogP contribution in [-0.4, -0.2) is 5.71 Å². The lowest BCUT2D eigenvalue weighted by atomic mass is 9.80. The number of para-hydroxylation sites is 1. The monoisotopic (exact) mass is 383 g/mol. The minimum atomic E-state index is 0.531. The lowest BCUT2D eigenvalue weighted by Gasteiger charge is -2.25. The molecule has 2 atom stereocenters. The summed E-state index contributed by atoms with van der Waals surface area (Å²) in [5, 5.41) is 0. The zero-order chi connectivity index (χ0) is 20.1. The van der Waals surface area contributed by atoms with Crippen molar-refractivity contribution in [3.05, 3.63) is 95.6 Å². The summed E-state index contributed by atoms with van der Waals surface area (Å²) in [5.74, 6) is 2.05. The molecule has 2 heteroatoms. The summed E-state index contributed by atoms with van der Waals surface area (Å²) in [6.07, 6.45) is 12.4. The molecule has 0 aromatic heterocycles. The van der Waals surface area contributed by atoms with Gasteiger partial charge in [0.25, 0.3) is 0 Å². The van der Waals surface area contributed by atoms with E-state index in [1.807, 2.05) is 30.3 Å². The SMILES string of the molecule is C/C1=C/C=CCC(C)C2CCC=C(c3ccc(COc4ccccc4)cc3)N=C12. The number of benzene rings is 2. The smallest absolute Gasteiger partial charge is 0.119 e. The second kappa shape index (κ2) is 9.09. The quantitative estimate of drug-likeness (QED) is 0.557. The van der Waals surface area contributed by atoms with Gasteiger partial charge in [0.15, 0.2) is 0 Å². The summed E-state index contributed by atoms with van der Waals surface area (Å²) in [6.45, 7) is 5.13. The molecular formula is C27H29NO. The topological polar surface area (TPSA) is 21.6 Å². The van der Waals surface area contributed by atoms with Crippen LogP contribution in [0.4, 0.5) is 0 Å². The standard InChI is InChI=1S/C27H29NO/c1-20-9-6-7-10-21(2)27-25(20)13-8-14-26(28-27)23-17-15-22(16-18-23)19-29-24-11-4-3-5-12-24/h3-7,10-12,14-18,20,25H,8-9,13,19H2,1-2H3/b7-6?,21-10-. The van der Waals surface area contributed by atoms with Crippen LogP contribution in [0, 0.1) is 11.8 Å². The second-order valence-corrected chi connectivity index (χ2v) is 8.06. The summed E-state index contributed by atoms with van der Waals surface area (Å²) in [7, 11) is 0. The minimum absolute atomic E-state index is 0.531. The molecule has 2 aliphatic rings. The van der Waals surface area contributed by atoms with Crippen LogP contribution in [0.1, 0.15) is 44.2 Å². The molecular weight excluding hydrogens is 354 g/mol. The van der Waals surface area contributed by atoms with Crippen LogP contribution in [0.15, 0.2) is 89.5 Å². The molecule has 2 nitrogen and oxygen atoms in total. The third-order valence-corrected chi connectivity index (χ3v) is 5.89. The van der Waals surface area contributed by atoms with Crippen LogP contribution in [0.25, 0.3) is 5.70 Å². The predicted molar refractivity (Wildman–Crippen MR) is 122 cm³/mol. The first kappa shape index (κ1) is 19.4. The average molecular weight is 384 g/mol. The van der Waals surface area contributed by atoms with Crippen molar-refractivity contribution >= 4 is 11.4 Å². The van der Waals surface area contributed by atoms with Crippen molar-refractivity contribution < 1.29 is 4.74 Å². The third-order valence-electron chi connectivity index (χ3n) is 5.89. The average Bonchev–Trinajstić information content (AvgIpc) is 2.98. The lowest BCUT2D eigenvalue weighted by molar-refractivity contribution is 0.306. The highest BCUT2D eigenvalue weighted by molar-refractivity contribution is 6.05. The fraction of sp³-hybridized carbons (Fsp3) is 0.296. The minimum Gasteiger partial charge on any atom is -0.489 e. The van der Waals surface area contributed by atoms with Crippen molar-refractivity contribution in [3.8, 4) is 5.75 Å². The molecule has 0 N–H and O–H groups in total. The molecule has 2 aromatic rings. The molecule has 0 bridgehead atoms. The van der Waals surface area contributed by atoms with E-state index in [-0.39, 0.29) is 0 Å². The van der Waals surface area contributed by atoms with Crippen molar-refractivity contribution in [2.45, 2.75) is 39.7 Å². The van der Waals surface area contributed by atoms with Gasteiger partial charge in [-0.1, -0.05) is 73.7 Å². The van der Waals surface area contributed by atoms with Crippen molar-refractivity contribution in [2.75, 3.05) is 0 Å². The van der Waals surface area contributed by atoms with E-state index in [4.69, 9.17) is 9.73 Å². The van der Waals surface area contributed by atoms with Crippen LogP contribution >= 0.6 is 0 Å². The molecule has 2 aromatic carbocycles. The summed E-state index contributed by atoms with van der Waals surface area (Å²) in [6, 6.07) is 18.6. The molecule has 2 unspecified atom stereocenters.